The number of alkyl halides is 2. The van der Waals surface area contributed by atoms with Crippen LogP contribution in [0.4, 0.5) is 31.8 Å². The van der Waals surface area contributed by atoms with Gasteiger partial charge in [0.15, 0.2) is 0 Å². The Morgan fingerprint density at radius 1 is 0.974 bits per heavy atom. The van der Waals surface area contributed by atoms with E-state index in [1.165, 1.54) is 12.8 Å². The van der Waals surface area contributed by atoms with E-state index in [1.54, 1.807) is 11.9 Å². The maximum Gasteiger partial charge on any atom is 0.258 e. The molecule has 10 heteroatoms. The molecule has 2 saturated heterocycles. The lowest BCUT2D eigenvalue weighted by Crippen LogP contribution is -2.39. The van der Waals surface area contributed by atoms with Crippen LogP contribution in [0.3, 0.4) is 0 Å². The van der Waals surface area contributed by atoms with Crippen molar-refractivity contribution >= 4 is 40.9 Å². The molecule has 4 fully saturated rings. The maximum absolute atomic E-state index is 13.7. The van der Waals surface area contributed by atoms with Gasteiger partial charge in [0.2, 0.25) is 0 Å². The molecule has 1 aromatic heterocycles. The summed E-state index contributed by atoms with van der Waals surface area (Å²) in [6.45, 7) is 4.39. The van der Waals surface area contributed by atoms with Crippen molar-refractivity contribution < 1.29 is 18.7 Å². The second-order valence-corrected chi connectivity index (χ2v) is 13.2. The SMILES string of the molecule is Cc1cc(NC(=O)c2ccc(NSC3(CO)CC3)cc2N2CCC3(CC2)CC3)nc(N2CCC(F)(F)CC2)c1. The van der Waals surface area contributed by atoms with Gasteiger partial charge in [0.05, 0.1) is 22.6 Å². The summed E-state index contributed by atoms with van der Waals surface area (Å²) in [4.78, 5) is 22.4. The van der Waals surface area contributed by atoms with E-state index >= 15 is 0 Å². The largest absolute Gasteiger partial charge is 0.395 e. The van der Waals surface area contributed by atoms with Gasteiger partial charge in [-0.05, 0) is 98.7 Å². The first-order chi connectivity index (χ1) is 18.7. The number of pyridine rings is 1. The predicted octanol–water partition coefficient (Wildman–Crippen LogP) is 5.84. The highest BCUT2D eigenvalue weighted by Gasteiger charge is 2.45. The van der Waals surface area contributed by atoms with Crippen LogP contribution in [0.1, 0.15) is 67.3 Å². The van der Waals surface area contributed by atoms with Crippen LogP contribution in [0, 0.1) is 12.3 Å². The van der Waals surface area contributed by atoms with Crippen LogP contribution in [0.2, 0.25) is 0 Å². The minimum absolute atomic E-state index is 0.0987. The molecule has 0 atom stereocenters. The molecule has 210 valence electrons. The van der Waals surface area contributed by atoms with Crippen molar-refractivity contribution in [1.82, 2.24) is 4.98 Å². The molecule has 3 N–H and O–H groups in total. The normalized spacial score (nSPS) is 22.5. The maximum atomic E-state index is 13.7. The topological polar surface area (TPSA) is 80.7 Å². The van der Waals surface area contributed by atoms with Crippen LogP contribution >= 0.6 is 11.9 Å². The van der Waals surface area contributed by atoms with E-state index in [9.17, 15) is 18.7 Å². The number of hydrogen-bond donors (Lipinski definition) is 3. The molecule has 1 amide bonds. The number of amides is 1. The number of aromatic nitrogens is 1. The summed E-state index contributed by atoms with van der Waals surface area (Å²) < 4.78 is 30.7. The summed E-state index contributed by atoms with van der Waals surface area (Å²) in [6.07, 6.45) is 6.52. The van der Waals surface area contributed by atoms with Crippen molar-refractivity contribution in [2.24, 2.45) is 5.41 Å². The second kappa shape index (κ2) is 10.1. The number of nitrogens with zero attached hydrogens (tertiary/aromatic N) is 3. The quantitative estimate of drug-likeness (QED) is 0.352. The third kappa shape index (κ3) is 5.96. The average Bonchev–Trinajstić information content (AvgIpc) is 3.85. The number of rotatable bonds is 8. The summed E-state index contributed by atoms with van der Waals surface area (Å²) in [5, 5.41) is 12.7. The summed E-state index contributed by atoms with van der Waals surface area (Å²) in [6, 6.07) is 9.51. The first-order valence-corrected chi connectivity index (χ1v) is 14.9. The summed E-state index contributed by atoms with van der Waals surface area (Å²) in [5.74, 6) is -1.83. The Balaban J connectivity index is 1.21. The van der Waals surface area contributed by atoms with Crippen LogP contribution in [0.25, 0.3) is 0 Å². The number of aryl methyl sites for hydroxylation is 1. The van der Waals surface area contributed by atoms with Gasteiger partial charge >= 0.3 is 0 Å². The first-order valence-electron chi connectivity index (χ1n) is 14.0. The monoisotopic (exact) mass is 557 g/mol. The Morgan fingerprint density at radius 2 is 1.67 bits per heavy atom. The molecule has 39 heavy (non-hydrogen) atoms. The second-order valence-electron chi connectivity index (χ2n) is 11.9. The highest BCUT2D eigenvalue weighted by Crippen LogP contribution is 2.54. The smallest absolute Gasteiger partial charge is 0.258 e. The van der Waals surface area contributed by atoms with Crippen molar-refractivity contribution in [2.45, 2.75) is 69.0 Å². The van der Waals surface area contributed by atoms with Crippen LogP contribution < -0.4 is 19.8 Å². The molecule has 0 bridgehead atoms. The zero-order valence-electron chi connectivity index (χ0n) is 22.4. The summed E-state index contributed by atoms with van der Waals surface area (Å²) in [7, 11) is 0. The third-order valence-corrected chi connectivity index (χ3v) is 10.2. The minimum Gasteiger partial charge on any atom is -0.395 e. The number of carbonyl (C=O) groups is 1. The van der Waals surface area contributed by atoms with E-state index in [1.807, 2.05) is 42.2 Å². The van der Waals surface area contributed by atoms with E-state index in [4.69, 9.17) is 0 Å². The van der Waals surface area contributed by atoms with Gasteiger partial charge in [-0.3, -0.25) is 4.79 Å². The molecule has 2 aliphatic carbocycles. The molecule has 4 aliphatic rings. The average molecular weight is 558 g/mol. The fraction of sp³-hybridized carbons (Fsp3) is 0.586. The van der Waals surface area contributed by atoms with Crippen LogP contribution in [0.5, 0.6) is 0 Å². The molecule has 6 rings (SSSR count). The molecule has 0 unspecified atom stereocenters. The van der Waals surface area contributed by atoms with Gasteiger partial charge in [-0.15, -0.1) is 0 Å². The van der Waals surface area contributed by atoms with Crippen LogP contribution in [-0.4, -0.2) is 59.5 Å². The van der Waals surface area contributed by atoms with Gasteiger partial charge < -0.3 is 24.9 Å². The molecule has 1 spiro atoms. The van der Waals surface area contributed by atoms with Gasteiger partial charge in [-0.1, -0.05) is 0 Å². The number of piperidine rings is 2. The Morgan fingerprint density at radius 3 is 2.31 bits per heavy atom. The van der Waals surface area contributed by atoms with E-state index in [-0.39, 0.29) is 43.2 Å². The fourth-order valence-electron chi connectivity index (χ4n) is 5.67. The Labute approximate surface area is 232 Å². The summed E-state index contributed by atoms with van der Waals surface area (Å²) in [5.41, 5.74) is 3.82. The molecule has 7 nitrogen and oxygen atoms in total. The van der Waals surface area contributed by atoms with Crippen molar-refractivity contribution in [3.8, 4) is 0 Å². The first kappa shape index (κ1) is 26.6. The van der Waals surface area contributed by atoms with Crippen molar-refractivity contribution in [2.75, 3.05) is 52.6 Å². The van der Waals surface area contributed by atoms with Crippen LogP contribution in [0.15, 0.2) is 30.3 Å². The zero-order valence-corrected chi connectivity index (χ0v) is 23.3. The highest BCUT2D eigenvalue weighted by molar-refractivity contribution is 8.02. The van der Waals surface area contributed by atoms with Gasteiger partial charge in [-0.25, -0.2) is 13.8 Å². The number of nitrogens with one attached hydrogen (secondary N) is 2. The van der Waals surface area contributed by atoms with Crippen molar-refractivity contribution in [3.63, 3.8) is 0 Å². The van der Waals surface area contributed by atoms with E-state index in [0.717, 1.165) is 55.7 Å². The number of carbonyl (C=O) groups excluding carboxylic acids is 1. The van der Waals surface area contributed by atoms with Crippen molar-refractivity contribution in [1.29, 1.82) is 0 Å². The van der Waals surface area contributed by atoms with E-state index in [2.05, 4.69) is 19.9 Å². The van der Waals surface area contributed by atoms with Crippen molar-refractivity contribution in [3.05, 3.63) is 41.5 Å². The third-order valence-electron chi connectivity index (χ3n) is 8.86. The van der Waals surface area contributed by atoms with Gasteiger partial charge in [0.1, 0.15) is 11.6 Å². The van der Waals surface area contributed by atoms with Gasteiger partial charge in [0.25, 0.3) is 11.8 Å². The molecule has 1 aromatic carbocycles. The standard InChI is InChI=1S/C29H37F2N5O2S/c1-20-16-24(32-25(17-20)36-14-10-29(30,31)11-15-36)33-26(38)22-3-2-21(34-39-28(19-37)6-7-28)18-23(22)35-12-8-27(4-5-27)9-13-35/h2-3,16-18,34,37H,4-15,19H2,1H3,(H,32,33,38). The molecule has 2 aromatic rings. The lowest BCUT2D eigenvalue weighted by atomic mass is 9.93. The molecule has 2 saturated carbocycles. The Bertz CT molecular complexity index is 1230. The Kier molecular flexibility index (Phi) is 6.90. The van der Waals surface area contributed by atoms with Crippen LogP contribution in [-0.2, 0) is 0 Å². The number of hydrogen-bond acceptors (Lipinski definition) is 7. The fourth-order valence-corrected chi connectivity index (χ4v) is 6.50. The zero-order chi connectivity index (χ0) is 27.3. The Hall–Kier alpha value is -2.59. The number of aliphatic hydroxyl groups excluding tert-OH is 1. The number of halogens is 2. The van der Waals surface area contributed by atoms with E-state index < -0.39 is 5.92 Å². The minimum atomic E-state index is -2.63. The number of aliphatic hydroxyl groups is 1. The molecule has 0 radical (unpaired) electrons. The lowest BCUT2D eigenvalue weighted by Gasteiger charge is -2.35. The molecule has 3 heterocycles. The number of benzene rings is 1. The molecular weight excluding hydrogens is 520 g/mol. The number of anilines is 4. The van der Waals surface area contributed by atoms with Gasteiger partial charge in [0, 0.05) is 44.7 Å². The molecular formula is C29H37F2N5O2S. The molecule has 2 aliphatic heterocycles. The van der Waals surface area contributed by atoms with E-state index in [0.29, 0.717) is 22.6 Å². The van der Waals surface area contributed by atoms with Gasteiger partial charge in [-0.2, -0.15) is 0 Å². The highest BCUT2D eigenvalue weighted by atomic mass is 32.2. The predicted molar refractivity (Wildman–Crippen MR) is 153 cm³/mol. The lowest BCUT2D eigenvalue weighted by molar-refractivity contribution is -0.0221. The summed E-state index contributed by atoms with van der Waals surface area (Å²) >= 11 is 1.56.